The molecule has 2 aromatic rings. The summed E-state index contributed by atoms with van der Waals surface area (Å²) in [5, 5.41) is 8.84. The monoisotopic (exact) mass is 248 g/mol. The van der Waals surface area contributed by atoms with Crippen LogP contribution in [0, 0.1) is 6.92 Å². The summed E-state index contributed by atoms with van der Waals surface area (Å²) in [4.78, 5) is 11.4. The predicted molar refractivity (Wildman–Crippen MR) is 66.0 cm³/mol. The number of rotatable bonds is 3. The molecule has 0 amide bonds. The molecule has 0 fully saturated rings. The SMILES string of the molecule is CCOC(=O)c1nnc(-c2ccc(C)cc2)s1. The number of aryl methyl sites for hydroxylation is 1. The zero-order valence-electron chi connectivity index (χ0n) is 9.64. The zero-order chi connectivity index (χ0) is 12.3. The Bertz CT molecular complexity index is 520. The smallest absolute Gasteiger partial charge is 0.369 e. The molecule has 0 N–H and O–H groups in total. The average Bonchev–Trinajstić information content (AvgIpc) is 2.80. The fraction of sp³-hybridized carbons (Fsp3) is 0.250. The zero-order valence-corrected chi connectivity index (χ0v) is 10.5. The second-order valence-electron chi connectivity index (χ2n) is 3.50. The summed E-state index contributed by atoms with van der Waals surface area (Å²) in [6.45, 7) is 4.13. The number of aromatic nitrogens is 2. The van der Waals surface area contributed by atoms with Crippen LogP contribution in [-0.2, 0) is 4.74 Å². The van der Waals surface area contributed by atoms with Crippen molar-refractivity contribution in [2.75, 3.05) is 6.61 Å². The number of hydrogen-bond acceptors (Lipinski definition) is 5. The first-order valence-electron chi connectivity index (χ1n) is 5.28. The quantitative estimate of drug-likeness (QED) is 0.784. The topological polar surface area (TPSA) is 52.1 Å². The van der Waals surface area contributed by atoms with Crippen LogP contribution >= 0.6 is 11.3 Å². The van der Waals surface area contributed by atoms with Gasteiger partial charge >= 0.3 is 5.97 Å². The van der Waals surface area contributed by atoms with E-state index in [1.807, 2.05) is 31.2 Å². The number of ether oxygens (including phenoxy) is 1. The van der Waals surface area contributed by atoms with Crippen molar-refractivity contribution in [3.63, 3.8) is 0 Å². The van der Waals surface area contributed by atoms with E-state index in [0.717, 1.165) is 10.6 Å². The van der Waals surface area contributed by atoms with Gasteiger partial charge in [0, 0.05) is 5.56 Å². The second kappa shape index (κ2) is 5.05. The van der Waals surface area contributed by atoms with Crippen molar-refractivity contribution < 1.29 is 9.53 Å². The highest BCUT2D eigenvalue weighted by Crippen LogP contribution is 2.23. The summed E-state index contributed by atoms with van der Waals surface area (Å²) in [6, 6.07) is 7.93. The highest BCUT2D eigenvalue weighted by atomic mass is 32.1. The number of carbonyl (C=O) groups is 1. The summed E-state index contributed by atoms with van der Waals surface area (Å²) in [5.74, 6) is -0.414. The van der Waals surface area contributed by atoms with Gasteiger partial charge in [-0.1, -0.05) is 41.2 Å². The van der Waals surface area contributed by atoms with Gasteiger partial charge in [-0.15, -0.1) is 10.2 Å². The van der Waals surface area contributed by atoms with Gasteiger partial charge in [0.25, 0.3) is 0 Å². The van der Waals surface area contributed by atoms with Crippen LogP contribution in [-0.4, -0.2) is 22.8 Å². The average molecular weight is 248 g/mol. The molecule has 88 valence electrons. The van der Waals surface area contributed by atoms with Crippen LogP contribution in [0.1, 0.15) is 22.3 Å². The minimum Gasteiger partial charge on any atom is -0.461 e. The van der Waals surface area contributed by atoms with Gasteiger partial charge in [-0.05, 0) is 13.8 Å². The van der Waals surface area contributed by atoms with Crippen LogP contribution in [0.4, 0.5) is 0 Å². The molecule has 0 atom stereocenters. The fourth-order valence-corrected chi connectivity index (χ4v) is 2.05. The third kappa shape index (κ3) is 2.68. The Morgan fingerprint density at radius 1 is 1.29 bits per heavy atom. The number of hydrogen-bond donors (Lipinski definition) is 0. The van der Waals surface area contributed by atoms with Crippen molar-refractivity contribution >= 4 is 17.3 Å². The highest BCUT2D eigenvalue weighted by Gasteiger charge is 2.14. The van der Waals surface area contributed by atoms with Crippen molar-refractivity contribution in [3.8, 4) is 10.6 Å². The van der Waals surface area contributed by atoms with E-state index in [1.165, 1.54) is 16.9 Å². The van der Waals surface area contributed by atoms with Crippen LogP contribution in [0.3, 0.4) is 0 Å². The van der Waals surface area contributed by atoms with Crippen LogP contribution in [0.25, 0.3) is 10.6 Å². The molecular weight excluding hydrogens is 236 g/mol. The Hall–Kier alpha value is -1.75. The number of nitrogens with zero attached hydrogens (tertiary/aromatic N) is 2. The number of esters is 1. The normalized spacial score (nSPS) is 10.2. The molecule has 0 spiro atoms. The summed E-state index contributed by atoms with van der Waals surface area (Å²) in [6.07, 6.45) is 0. The van der Waals surface area contributed by atoms with Crippen molar-refractivity contribution in [3.05, 3.63) is 34.8 Å². The standard InChI is InChI=1S/C12H12N2O2S/c1-3-16-12(15)11-14-13-10(17-11)9-6-4-8(2)5-7-9/h4-7H,3H2,1-2H3. The van der Waals surface area contributed by atoms with Gasteiger partial charge in [0.15, 0.2) is 0 Å². The molecule has 0 saturated heterocycles. The minimum absolute atomic E-state index is 0.294. The van der Waals surface area contributed by atoms with E-state index in [1.54, 1.807) is 6.92 Å². The molecule has 5 heteroatoms. The molecule has 0 aliphatic heterocycles. The van der Waals surface area contributed by atoms with Gasteiger partial charge in [0.1, 0.15) is 5.01 Å². The summed E-state index contributed by atoms with van der Waals surface area (Å²) >= 11 is 1.24. The van der Waals surface area contributed by atoms with Crippen LogP contribution in [0.2, 0.25) is 0 Å². The first kappa shape index (κ1) is 11.7. The molecule has 17 heavy (non-hydrogen) atoms. The van der Waals surface area contributed by atoms with Crippen molar-refractivity contribution in [2.45, 2.75) is 13.8 Å². The van der Waals surface area contributed by atoms with E-state index in [4.69, 9.17) is 4.74 Å². The molecule has 0 aliphatic rings. The Balaban J connectivity index is 2.23. The maximum absolute atomic E-state index is 11.4. The minimum atomic E-state index is -0.414. The Kier molecular flexibility index (Phi) is 3.49. The maximum atomic E-state index is 11.4. The van der Waals surface area contributed by atoms with Crippen molar-refractivity contribution in [1.29, 1.82) is 0 Å². The van der Waals surface area contributed by atoms with Crippen molar-refractivity contribution in [2.24, 2.45) is 0 Å². The molecule has 1 heterocycles. The molecule has 0 bridgehead atoms. The largest absolute Gasteiger partial charge is 0.461 e. The molecule has 1 aromatic carbocycles. The van der Waals surface area contributed by atoms with Crippen LogP contribution < -0.4 is 0 Å². The van der Waals surface area contributed by atoms with E-state index < -0.39 is 5.97 Å². The summed E-state index contributed by atoms with van der Waals surface area (Å²) in [5.41, 5.74) is 2.15. The van der Waals surface area contributed by atoms with Gasteiger partial charge in [-0.25, -0.2) is 4.79 Å². The third-order valence-corrected chi connectivity index (χ3v) is 3.13. The Morgan fingerprint density at radius 3 is 2.65 bits per heavy atom. The first-order chi connectivity index (χ1) is 8.20. The molecule has 4 nitrogen and oxygen atoms in total. The summed E-state index contributed by atoms with van der Waals surface area (Å²) < 4.78 is 4.87. The van der Waals surface area contributed by atoms with E-state index in [0.29, 0.717) is 11.6 Å². The lowest BCUT2D eigenvalue weighted by Crippen LogP contribution is -2.03. The van der Waals surface area contributed by atoms with Gasteiger partial charge in [-0.2, -0.15) is 0 Å². The lowest BCUT2D eigenvalue weighted by Gasteiger charge is -1.96. The van der Waals surface area contributed by atoms with E-state index in [2.05, 4.69) is 10.2 Å². The first-order valence-corrected chi connectivity index (χ1v) is 6.10. The molecule has 0 saturated carbocycles. The molecule has 0 aliphatic carbocycles. The lowest BCUT2D eigenvalue weighted by molar-refractivity contribution is 0.0525. The van der Waals surface area contributed by atoms with Crippen LogP contribution in [0.15, 0.2) is 24.3 Å². The Morgan fingerprint density at radius 2 is 2.00 bits per heavy atom. The maximum Gasteiger partial charge on any atom is 0.369 e. The van der Waals surface area contributed by atoms with E-state index >= 15 is 0 Å². The Labute approximate surface area is 103 Å². The van der Waals surface area contributed by atoms with E-state index in [9.17, 15) is 4.79 Å². The molecule has 0 unspecified atom stereocenters. The third-order valence-electron chi connectivity index (χ3n) is 2.17. The molecule has 0 radical (unpaired) electrons. The fourth-order valence-electron chi connectivity index (χ4n) is 1.31. The molecule has 2 rings (SSSR count). The van der Waals surface area contributed by atoms with Gasteiger partial charge in [0.2, 0.25) is 5.01 Å². The van der Waals surface area contributed by atoms with Gasteiger partial charge in [-0.3, -0.25) is 0 Å². The number of benzene rings is 1. The second-order valence-corrected chi connectivity index (χ2v) is 4.48. The van der Waals surface area contributed by atoms with E-state index in [-0.39, 0.29) is 0 Å². The lowest BCUT2D eigenvalue weighted by atomic mass is 10.2. The van der Waals surface area contributed by atoms with Crippen LogP contribution in [0.5, 0.6) is 0 Å². The number of carbonyl (C=O) groups excluding carboxylic acids is 1. The molecule has 1 aromatic heterocycles. The van der Waals surface area contributed by atoms with Gasteiger partial charge in [0.05, 0.1) is 6.61 Å². The summed E-state index contributed by atoms with van der Waals surface area (Å²) in [7, 11) is 0. The van der Waals surface area contributed by atoms with Crippen molar-refractivity contribution in [1.82, 2.24) is 10.2 Å². The highest BCUT2D eigenvalue weighted by molar-refractivity contribution is 7.16. The predicted octanol–water partition coefficient (Wildman–Crippen LogP) is 2.69. The molecular formula is C12H12N2O2S. The van der Waals surface area contributed by atoms with Gasteiger partial charge < -0.3 is 4.74 Å².